The largest absolute Gasteiger partial charge is 0.416 e. The van der Waals surface area contributed by atoms with Gasteiger partial charge in [-0.3, -0.25) is 4.79 Å². The lowest BCUT2D eigenvalue weighted by Gasteiger charge is -2.09. The molecule has 0 spiro atoms. The normalized spacial score (nSPS) is 11.5. The molecule has 0 saturated carbocycles. The summed E-state index contributed by atoms with van der Waals surface area (Å²) in [4.78, 5) is 20.0. The second-order valence-electron chi connectivity index (χ2n) is 5.03. The average Bonchev–Trinajstić information content (AvgIpc) is 2.53. The van der Waals surface area contributed by atoms with Crippen LogP contribution < -0.4 is 11.1 Å². The van der Waals surface area contributed by atoms with E-state index in [1.54, 1.807) is 0 Å². The predicted molar refractivity (Wildman–Crippen MR) is 83.3 cm³/mol. The Kier molecular flexibility index (Phi) is 3.80. The highest BCUT2D eigenvalue weighted by molar-refractivity contribution is 6.04. The first-order valence-electron chi connectivity index (χ1n) is 6.84. The van der Waals surface area contributed by atoms with Crippen LogP contribution in [0.2, 0.25) is 0 Å². The highest BCUT2D eigenvalue weighted by Gasteiger charge is 2.30. The number of nitrogen functional groups attached to an aromatic ring is 1. The molecular weight excluding hydrogens is 321 g/mol. The van der Waals surface area contributed by atoms with Gasteiger partial charge in [-0.1, -0.05) is 0 Å². The predicted octanol–water partition coefficient (Wildman–Crippen LogP) is 3.48. The van der Waals surface area contributed by atoms with Gasteiger partial charge in [-0.2, -0.15) is 13.2 Å². The molecule has 8 heteroatoms. The smallest absolute Gasteiger partial charge is 0.384 e. The molecule has 122 valence electrons. The maximum absolute atomic E-state index is 12.7. The molecule has 0 bridgehead atoms. The number of carbonyl (C=O) groups excluding carboxylic acids is 1. The van der Waals surface area contributed by atoms with E-state index >= 15 is 0 Å². The molecule has 0 fully saturated rings. The number of rotatable bonds is 2. The molecular formula is C16H11F3N4O. The lowest BCUT2D eigenvalue weighted by molar-refractivity contribution is -0.137. The minimum atomic E-state index is -4.41. The van der Waals surface area contributed by atoms with Gasteiger partial charge in [-0.05, 0) is 42.5 Å². The number of nitrogens with zero attached hydrogens (tertiary/aromatic N) is 2. The third-order valence-corrected chi connectivity index (χ3v) is 3.30. The number of fused-ring (bicyclic) bond motifs is 1. The molecule has 1 amide bonds. The molecule has 1 aromatic carbocycles. The highest BCUT2D eigenvalue weighted by atomic mass is 19.4. The van der Waals surface area contributed by atoms with Crippen LogP contribution in [0.4, 0.5) is 24.8 Å². The quantitative estimate of drug-likeness (QED) is 0.753. The van der Waals surface area contributed by atoms with Crippen LogP contribution in [0.25, 0.3) is 10.9 Å². The monoisotopic (exact) mass is 332 g/mol. The van der Waals surface area contributed by atoms with E-state index in [1.807, 2.05) is 0 Å². The second kappa shape index (κ2) is 5.80. The standard InChI is InChI=1S/C16H11F3N4O/c17-16(18,19)11-2-3-12-9(7-11)1-4-14(22-12)23-15(24)10-5-6-21-13(20)8-10/h1-8H,(H2,20,21)(H,22,23,24). The lowest BCUT2D eigenvalue weighted by atomic mass is 10.1. The Bertz CT molecular complexity index is 925. The van der Waals surface area contributed by atoms with E-state index in [9.17, 15) is 18.0 Å². The van der Waals surface area contributed by atoms with Crippen molar-refractivity contribution in [2.24, 2.45) is 0 Å². The number of aromatic nitrogens is 2. The molecule has 0 atom stereocenters. The van der Waals surface area contributed by atoms with Crippen LogP contribution in [-0.2, 0) is 6.18 Å². The van der Waals surface area contributed by atoms with Gasteiger partial charge in [0.25, 0.3) is 5.91 Å². The van der Waals surface area contributed by atoms with Crippen molar-refractivity contribution < 1.29 is 18.0 Å². The van der Waals surface area contributed by atoms with Gasteiger partial charge in [0.2, 0.25) is 0 Å². The molecule has 2 heterocycles. The van der Waals surface area contributed by atoms with E-state index in [2.05, 4.69) is 15.3 Å². The van der Waals surface area contributed by atoms with Crippen molar-refractivity contribution in [1.82, 2.24) is 9.97 Å². The summed E-state index contributed by atoms with van der Waals surface area (Å²) < 4.78 is 38.1. The van der Waals surface area contributed by atoms with Gasteiger partial charge in [0.1, 0.15) is 11.6 Å². The van der Waals surface area contributed by atoms with E-state index in [1.165, 1.54) is 36.5 Å². The molecule has 5 nitrogen and oxygen atoms in total. The Balaban J connectivity index is 1.87. The van der Waals surface area contributed by atoms with Gasteiger partial charge in [0, 0.05) is 17.1 Å². The number of halogens is 3. The van der Waals surface area contributed by atoms with Gasteiger partial charge in [-0.25, -0.2) is 9.97 Å². The minimum Gasteiger partial charge on any atom is -0.384 e. The van der Waals surface area contributed by atoms with Crippen molar-refractivity contribution in [3.8, 4) is 0 Å². The van der Waals surface area contributed by atoms with Gasteiger partial charge in [0.15, 0.2) is 0 Å². The molecule has 0 saturated heterocycles. The fraction of sp³-hybridized carbons (Fsp3) is 0.0625. The van der Waals surface area contributed by atoms with Crippen LogP contribution in [0.15, 0.2) is 48.7 Å². The summed E-state index contributed by atoms with van der Waals surface area (Å²) in [5.74, 6) is -0.0145. The molecule has 0 aliphatic carbocycles. The zero-order valence-electron chi connectivity index (χ0n) is 12.1. The number of amides is 1. The molecule has 2 aromatic heterocycles. The first kappa shape index (κ1) is 15.7. The fourth-order valence-electron chi connectivity index (χ4n) is 2.15. The maximum Gasteiger partial charge on any atom is 0.416 e. The first-order chi connectivity index (χ1) is 11.3. The Labute approximate surface area is 134 Å². The zero-order valence-corrected chi connectivity index (χ0v) is 12.1. The van der Waals surface area contributed by atoms with Crippen molar-refractivity contribution in [2.45, 2.75) is 6.18 Å². The Morgan fingerprint density at radius 1 is 1.08 bits per heavy atom. The van der Waals surface area contributed by atoms with E-state index in [-0.39, 0.29) is 11.6 Å². The number of hydrogen-bond acceptors (Lipinski definition) is 4. The number of benzene rings is 1. The SMILES string of the molecule is Nc1cc(C(=O)Nc2ccc3cc(C(F)(F)F)ccc3n2)ccn1. The third-order valence-electron chi connectivity index (χ3n) is 3.30. The number of carbonyl (C=O) groups is 1. The molecule has 3 rings (SSSR count). The topological polar surface area (TPSA) is 80.9 Å². The Morgan fingerprint density at radius 2 is 1.88 bits per heavy atom. The van der Waals surface area contributed by atoms with Gasteiger partial charge < -0.3 is 11.1 Å². The zero-order chi connectivity index (χ0) is 17.3. The molecule has 0 unspecified atom stereocenters. The van der Waals surface area contributed by atoms with Crippen LogP contribution in [0.5, 0.6) is 0 Å². The van der Waals surface area contributed by atoms with Crippen LogP contribution in [-0.4, -0.2) is 15.9 Å². The second-order valence-corrected chi connectivity index (χ2v) is 5.03. The fourth-order valence-corrected chi connectivity index (χ4v) is 2.15. The molecule has 24 heavy (non-hydrogen) atoms. The van der Waals surface area contributed by atoms with Crippen molar-refractivity contribution in [1.29, 1.82) is 0 Å². The van der Waals surface area contributed by atoms with Crippen molar-refractivity contribution in [2.75, 3.05) is 11.1 Å². The van der Waals surface area contributed by atoms with E-state index in [0.29, 0.717) is 16.5 Å². The number of anilines is 2. The summed E-state index contributed by atoms with van der Waals surface area (Å²) >= 11 is 0. The number of hydrogen-bond donors (Lipinski definition) is 2. The maximum atomic E-state index is 12.7. The summed E-state index contributed by atoms with van der Waals surface area (Å²) in [6.07, 6.45) is -3.01. The lowest BCUT2D eigenvalue weighted by Crippen LogP contribution is -2.13. The summed E-state index contributed by atoms with van der Waals surface area (Å²) in [5.41, 5.74) is 5.41. The van der Waals surface area contributed by atoms with E-state index < -0.39 is 17.6 Å². The minimum absolute atomic E-state index is 0.203. The van der Waals surface area contributed by atoms with Crippen molar-refractivity contribution in [3.63, 3.8) is 0 Å². The van der Waals surface area contributed by atoms with Gasteiger partial charge in [0.05, 0.1) is 11.1 Å². The van der Waals surface area contributed by atoms with Crippen molar-refractivity contribution in [3.05, 3.63) is 59.8 Å². The van der Waals surface area contributed by atoms with Crippen molar-refractivity contribution >= 4 is 28.4 Å². The van der Waals surface area contributed by atoms with E-state index in [4.69, 9.17) is 5.73 Å². The molecule has 3 aromatic rings. The van der Waals surface area contributed by atoms with Gasteiger partial charge >= 0.3 is 6.18 Å². The Morgan fingerprint density at radius 3 is 2.58 bits per heavy atom. The molecule has 0 aliphatic rings. The summed E-state index contributed by atoms with van der Waals surface area (Å²) in [6.45, 7) is 0. The number of nitrogens with one attached hydrogen (secondary N) is 1. The first-order valence-corrected chi connectivity index (χ1v) is 6.84. The summed E-state index contributed by atoms with van der Waals surface area (Å²) in [5, 5.41) is 2.90. The number of pyridine rings is 2. The third kappa shape index (κ3) is 3.27. The highest BCUT2D eigenvalue weighted by Crippen LogP contribution is 2.31. The van der Waals surface area contributed by atoms with Crippen LogP contribution >= 0.6 is 0 Å². The van der Waals surface area contributed by atoms with Gasteiger partial charge in [-0.15, -0.1) is 0 Å². The van der Waals surface area contributed by atoms with E-state index in [0.717, 1.165) is 12.1 Å². The number of nitrogens with two attached hydrogens (primary N) is 1. The molecule has 3 N–H and O–H groups in total. The number of alkyl halides is 3. The van der Waals surface area contributed by atoms with Crippen LogP contribution in [0.3, 0.4) is 0 Å². The average molecular weight is 332 g/mol. The summed E-state index contributed by atoms with van der Waals surface area (Å²) in [7, 11) is 0. The molecule has 0 aliphatic heterocycles. The Hall–Kier alpha value is -3.16. The summed E-state index contributed by atoms with van der Waals surface area (Å²) in [6, 6.07) is 9.02. The van der Waals surface area contributed by atoms with Crippen LogP contribution in [0, 0.1) is 0 Å². The van der Waals surface area contributed by atoms with Crippen LogP contribution in [0.1, 0.15) is 15.9 Å². The molecule has 0 radical (unpaired) electrons.